The third-order valence-electron chi connectivity index (χ3n) is 3.04. The molecule has 1 nitrogen and oxygen atoms in total. The number of hydrogen-bond acceptors (Lipinski definition) is 1. The summed E-state index contributed by atoms with van der Waals surface area (Å²) in [5.74, 6) is -0.750. The normalized spacial score (nSPS) is 14.0. The van der Waals surface area contributed by atoms with E-state index in [1.165, 1.54) is 19.9 Å². The van der Waals surface area contributed by atoms with Gasteiger partial charge in [0, 0.05) is 0 Å². The molecular formula is C13H14F6OSi. The molecule has 0 amide bonds. The summed E-state index contributed by atoms with van der Waals surface area (Å²) >= 11 is 0. The van der Waals surface area contributed by atoms with Gasteiger partial charge in [-0.3, -0.25) is 0 Å². The summed E-state index contributed by atoms with van der Waals surface area (Å²) < 4.78 is 81.7. The van der Waals surface area contributed by atoms with E-state index in [4.69, 9.17) is 0 Å². The second-order valence-electron chi connectivity index (χ2n) is 4.61. The number of benzene rings is 1. The average Bonchev–Trinajstić information content (AvgIpc) is 2.30. The van der Waals surface area contributed by atoms with Crippen LogP contribution in [0.25, 0.3) is 6.08 Å². The molecule has 1 rings (SSSR count). The van der Waals surface area contributed by atoms with Crippen LogP contribution in [0.1, 0.15) is 23.6 Å². The molecule has 0 spiro atoms. The fourth-order valence-corrected chi connectivity index (χ4v) is 2.78. The van der Waals surface area contributed by atoms with E-state index in [1.54, 1.807) is 0 Å². The van der Waals surface area contributed by atoms with Crippen molar-refractivity contribution in [2.75, 3.05) is 0 Å². The van der Waals surface area contributed by atoms with Crippen molar-refractivity contribution >= 4 is 20.3 Å². The average molecular weight is 328 g/mol. The summed E-state index contributed by atoms with van der Waals surface area (Å²) in [6.45, 7) is 6.89. The first kappa shape index (κ1) is 17.6. The minimum absolute atomic E-state index is 0.0147. The minimum Gasteiger partial charge on any atom is -0.481 e. The highest BCUT2D eigenvalue weighted by molar-refractivity contribution is 6.74. The molecule has 0 aromatic heterocycles. The van der Waals surface area contributed by atoms with E-state index in [2.05, 4.69) is 11.3 Å². The van der Waals surface area contributed by atoms with Gasteiger partial charge in [-0.25, -0.2) is 12.3 Å². The van der Waals surface area contributed by atoms with Crippen molar-refractivity contribution in [2.24, 2.45) is 0 Å². The number of halogens is 6. The molecule has 21 heavy (non-hydrogen) atoms. The summed E-state index contributed by atoms with van der Waals surface area (Å²) in [5, 5.41) is -1.08. The highest BCUT2D eigenvalue weighted by atomic mass is 28.5. The van der Waals surface area contributed by atoms with Crippen LogP contribution in [0.4, 0.5) is 25.5 Å². The molecular weight excluding hydrogens is 314 g/mol. The molecule has 0 aliphatic rings. The Morgan fingerprint density at radius 1 is 1.24 bits per heavy atom. The number of ether oxygens (including phenoxy) is 1. The molecule has 1 atom stereocenters. The quantitative estimate of drug-likeness (QED) is 0.454. The van der Waals surface area contributed by atoms with Crippen LogP contribution in [0.15, 0.2) is 12.6 Å². The Hall–Kier alpha value is -1.44. The van der Waals surface area contributed by atoms with Gasteiger partial charge in [-0.2, -0.15) is 13.2 Å². The predicted molar refractivity (Wildman–Crippen MR) is 70.9 cm³/mol. The van der Waals surface area contributed by atoms with Gasteiger partial charge in [0.2, 0.25) is 0 Å². The van der Waals surface area contributed by atoms with Crippen molar-refractivity contribution < 1.29 is 30.2 Å². The Balaban J connectivity index is 3.50. The van der Waals surface area contributed by atoms with Crippen molar-refractivity contribution in [2.45, 2.75) is 33.1 Å². The van der Waals surface area contributed by atoms with Crippen molar-refractivity contribution in [1.82, 2.24) is 0 Å². The van der Waals surface area contributed by atoms with Crippen LogP contribution < -0.4 is 9.92 Å². The van der Waals surface area contributed by atoms with E-state index >= 15 is 0 Å². The molecule has 0 fully saturated rings. The molecule has 0 aliphatic heterocycles. The molecule has 0 saturated heterocycles. The first-order chi connectivity index (χ1) is 9.39. The van der Waals surface area contributed by atoms with E-state index in [-0.39, 0.29) is 5.56 Å². The number of aryl methyl sites for hydroxylation is 1. The van der Waals surface area contributed by atoms with Crippen molar-refractivity contribution in [1.29, 1.82) is 0 Å². The summed E-state index contributed by atoms with van der Waals surface area (Å²) in [5.41, 5.74) is 0.664. The van der Waals surface area contributed by atoms with Crippen LogP contribution in [0, 0.1) is 13.8 Å². The molecule has 0 bridgehead atoms. The largest absolute Gasteiger partial charge is 0.657 e. The molecule has 0 radical (unpaired) electrons. The number of hydrogen-bond donors (Lipinski definition) is 0. The molecule has 8 heteroatoms. The summed E-state index contributed by atoms with van der Waals surface area (Å²) in [7, 11) is -6.33. The third kappa shape index (κ3) is 3.81. The van der Waals surface area contributed by atoms with E-state index in [1.807, 2.05) is 0 Å². The SMILES string of the molecule is C=Cc1c(C)cc([Si](F)(F)F)c(OC(C)C(F)(F)F)c1C. The Morgan fingerprint density at radius 2 is 1.76 bits per heavy atom. The van der Waals surface area contributed by atoms with Gasteiger partial charge in [0.1, 0.15) is 5.75 Å². The van der Waals surface area contributed by atoms with Gasteiger partial charge in [0.15, 0.2) is 6.10 Å². The molecule has 0 aliphatic carbocycles. The van der Waals surface area contributed by atoms with E-state index < -0.39 is 32.3 Å². The minimum atomic E-state index is -6.33. The lowest BCUT2D eigenvalue weighted by Gasteiger charge is -2.23. The predicted octanol–water partition coefficient (Wildman–Crippen LogP) is 4.33. The highest BCUT2D eigenvalue weighted by Gasteiger charge is 2.46. The summed E-state index contributed by atoms with van der Waals surface area (Å²) in [6, 6.07) is 0.828. The standard InChI is InChI=1S/C13H14F6OSi/c1-5-10-7(2)6-11(21(17,18)19)12(8(10)3)20-9(4)13(14,15)16/h5-6,9H,1H2,2-4H3. The fraction of sp³-hybridized carbons (Fsp3) is 0.385. The first-order valence-electron chi connectivity index (χ1n) is 5.96. The lowest BCUT2D eigenvalue weighted by atomic mass is 10.0. The number of rotatable bonds is 4. The summed E-state index contributed by atoms with van der Waals surface area (Å²) in [4.78, 5) is 0. The monoisotopic (exact) mass is 328 g/mol. The molecule has 1 unspecified atom stereocenters. The summed E-state index contributed by atoms with van der Waals surface area (Å²) in [6.07, 6.45) is -5.76. The molecule has 0 saturated carbocycles. The van der Waals surface area contributed by atoms with Gasteiger partial charge in [-0.15, -0.1) is 0 Å². The Kier molecular flexibility index (Phi) is 4.82. The topological polar surface area (TPSA) is 9.23 Å². The van der Waals surface area contributed by atoms with Gasteiger partial charge >= 0.3 is 15.3 Å². The van der Waals surface area contributed by atoms with Crippen molar-refractivity contribution in [3.8, 4) is 5.75 Å². The Bertz CT molecular complexity index is 547. The molecule has 1 aromatic rings. The van der Waals surface area contributed by atoms with Gasteiger partial charge < -0.3 is 4.74 Å². The van der Waals surface area contributed by atoms with Gasteiger partial charge in [0.05, 0.1) is 5.19 Å². The van der Waals surface area contributed by atoms with Gasteiger partial charge in [-0.1, -0.05) is 12.7 Å². The first-order valence-corrected chi connectivity index (χ1v) is 7.60. The molecule has 0 heterocycles. The zero-order valence-electron chi connectivity index (χ0n) is 11.6. The van der Waals surface area contributed by atoms with Crippen LogP contribution in [0.2, 0.25) is 0 Å². The third-order valence-corrected chi connectivity index (χ3v) is 4.02. The molecule has 1 aromatic carbocycles. The van der Waals surface area contributed by atoms with Crippen LogP contribution in [0.3, 0.4) is 0 Å². The second-order valence-corrected chi connectivity index (χ2v) is 6.15. The zero-order chi connectivity index (χ0) is 16.6. The maximum atomic E-state index is 13.1. The smallest absolute Gasteiger partial charge is 0.481 e. The van der Waals surface area contributed by atoms with Crippen LogP contribution in [-0.4, -0.2) is 21.4 Å². The lowest BCUT2D eigenvalue weighted by molar-refractivity contribution is -0.189. The highest BCUT2D eigenvalue weighted by Crippen LogP contribution is 2.31. The van der Waals surface area contributed by atoms with Crippen LogP contribution >= 0.6 is 0 Å². The van der Waals surface area contributed by atoms with E-state index in [9.17, 15) is 25.5 Å². The maximum Gasteiger partial charge on any atom is 0.657 e. The Morgan fingerprint density at radius 3 is 2.14 bits per heavy atom. The number of alkyl halides is 3. The Labute approximate surface area is 119 Å². The van der Waals surface area contributed by atoms with E-state index in [0.29, 0.717) is 18.1 Å². The fourth-order valence-electron chi connectivity index (χ4n) is 1.90. The van der Waals surface area contributed by atoms with Crippen molar-refractivity contribution in [3.05, 3.63) is 29.3 Å². The zero-order valence-corrected chi connectivity index (χ0v) is 12.6. The van der Waals surface area contributed by atoms with Crippen molar-refractivity contribution in [3.63, 3.8) is 0 Å². The van der Waals surface area contributed by atoms with Gasteiger partial charge in [0.25, 0.3) is 0 Å². The van der Waals surface area contributed by atoms with E-state index in [0.717, 1.165) is 6.07 Å². The molecule has 118 valence electrons. The van der Waals surface area contributed by atoms with Crippen LogP contribution in [-0.2, 0) is 0 Å². The lowest BCUT2D eigenvalue weighted by Crippen LogP contribution is -2.40. The van der Waals surface area contributed by atoms with Gasteiger partial charge in [-0.05, 0) is 43.5 Å². The van der Waals surface area contributed by atoms with Crippen LogP contribution in [0.5, 0.6) is 5.75 Å². The maximum absolute atomic E-state index is 13.1. The second kappa shape index (κ2) is 5.74. The molecule has 0 N–H and O–H groups in total.